The van der Waals surface area contributed by atoms with Crippen LogP contribution in [-0.4, -0.2) is 12.5 Å². The third kappa shape index (κ3) is 5.57. The van der Waals surface area contributed by atoms with Crippen molar-refractivity contribution in [3.8, 4) is 11.8 Å². The van der Waals surface area contributed by atoms with Crippen molar-refractivity contribution in [3.05, 3.63) is 24.3 Å². The molecule has 90 valence electrons. The molecule has 0 aliphatic carbocycles. The van der Waals surface area contributed by atoms with Crippen LogP contribution in [0.15, 0.2) is 24.3 Å². The number of rotatable bonds is 6. The van der Waals surface area contributed by atoms with Crippen molar-refractivity contribution in [1.29, 1.82) is 5.26 Å². The zero-order valence-corrected chi connectivity index (χ0v) is 9.90. The van der Waals surface area contributed by atoms with E-state index in [1.807, 2.05) is 12.1 Å². The fraction of sp³-hybridized carbons (Fsp3) is 0.385. The number of hydrogen-bond donors (Lipinski definition) is 1. The topological polar surface area (TPSA) is 62.1 Å². The van der Waals surface area contributed by atoms with E-state index < -0.39 is 0 Å². The molecule has 1 aromatic rings. The second kappa shape index (κ2) is 7.29. The molecule has 1 amide bonds. The largest absolute Gasteiger partial charge is 0.494 e. The van der Waals surface area contributed by atoms with Gasteiger partial charge in [0.1, 0.15) is 5.75 Å². The highest BCUT2D eigenvalue weighted by molar-refractivity contribution is 5.88. The molecule has 0 aliphatic heterocycles. The molecule has 0 saturated carbocycles. The van der Waals surface area contributed by atoms with E-state index in [4.69, 9.17) is 10.00 Å². The second-order valence-electron chi connectivity index (χ2n) is 3.67. The number of carbonyl (C=O) groups is 1. The quantitative estimate of drug-likeness (QED) is 0.767. The maximum absolute atomic E-state index is 10.8. The molecule has 0 radical (unpaired) electrons. The molecule has 0 fully saturated rings. The number of nitrogens with zero attached hydrogens (tertiary/aromatic N) is 1. The minimum atomic E-state index is -0.0878. The van der Waals surface area contributed by atoms with Crippen molar-refractivity contribution < 1.29 is 9.53 Å². The maximum atomic E-state index is 10.8. The molecular weight excluding hydrogens is 216 g/mol. The van der Waals surface area contributed by atoms with E-state index >= 15 is 0 Å². The molecule has 4 nitrogen and oxygen atoms in total. The summed E-state index contributed by atoms with van der Waals surface area (Å²) >= 11 is 0. The minimum Gasteiger partial charge on any atom is -0.494 e. The summed E-state index contributed by atoms with van der Waals surface area (Å²) in [5.41, 5.74) is 0.759. The molecule has 0 saturated heterocycles. The van der Waals surface area contributed by atoms with Crippen LogP contribution in [0.4, 0.5) is 5.69 Å². The monoisotopic (exact) mass is 232 g/mol. The summed E-state index contributed by atoms with van der Waals surface area (Å²) in [5.74, 6) is 0.686. The van der Waals surface area contributed by atoms with Crippen LogP contribution in [0, 0.1) is 11.3 Å². The van der Waals surface area contributed by atoms with Crippen LogP contribution in [0.1, 0.15) is 26.2 Å². The highest BCUT2D eigenvalue weighted by atomic mass is 16.5. The summed E-state index contributed by atoms with van der Waals surface area (Å²) in [4.78, 5) is 10.8. The standard InChI is InChI=1S/C13H16N2O2/c1-11(16)15-12-5-7-13(8-6-12)17-10-4-2-3-9-14/h5-8H,2-4,10H2,1H3,(H,15,16). The number of nitriles is 1. The van der Waals surface area contributed by atoms with Crippen molar-refractivity contribution in [2.75, 3.05) is 11.9 Å². The van der Waals surface area contributed by atoms with Gasteiger partial charge >= 0.3 is 0 Å². The smallest absolute Gasteiger partial charge is 0.221 e. The third-order valence-electron chi connectivity index (χ3n) is 2.13. The molecule has 0 aromatic heterocycles. The van der Waals surface area contributed by atoms with Crippen LogP contribution in [0.25, 0.3) is 0 Å². The van der Waals surface area contributed by atoms with Crippen molar-refractivity contribution >= 4 is 11.6 Å². The van der Waals surface area contributed by atoms with Gasteiger partial charge in [0.25, 0.3) is 0 Å². The second-order valence-corrected chi connectivity index (χ2v) is 3.67. The van der Waals surface area contributed by atoms with Gasteiger partial charge in [-0.25, -0.2) is 0 Å². The van der Waals surface area contributed by atoms with Gasteiger partial charge in [-0.15, -0.1) is 0 Å². The summed E-state index contributed by atoms with van der Waals surface area (Å²) in [6.45, 7) is 2.08. The Hall–Kier alpha value is -2.02. The van der Waals surface area contributed by atoms with Gasteiger partial charge in [-0.2, -0.15) is 5.26 Å². The van der Waals surface area contributed by atoms with Crippen LogP contribution in [-0.2, 0) is 4.79 Å². The Bertz CT molecular complexity index is 393. The van der Waals surface area contributed by atoms with Gasteiger partial charge in [0.2, 0.25) is 5.91 Å². The molecule has 0 aliphatic rings. The van der Waals surface area contributed by atoms with Crippen molar-refractivity contribution in [3.63, 3.8) is 0 Å². The Balaban J connectivity index is 2.30. The molecule has 0 unspecified atom stereocenters. The average molecular weight is 232 g/mol. The summed E-state index contributed by atoms with van der Waals surface area (Å²) in [7, 11) is 0. The van der Waals surface area contributed by atoms with E-state index in [0.717, 1.165) is 24.3 Å². The number of nitrogens with one attached hydrogen (secondary N) is 1. The molecule has 0 bridgehead atoms. The van der Waals surface area contributed by atoms with Crippen LogP contribution < -0.4 is 10.1 Å². The molecule has 1 aromatic carbocycles. The lowest BCUT2D eigenvalue weighted by Gasteiger charge is -2.06. The van der Waals surface area contributed by atoms with E-state index in [1.54, 1.807) is 12.1 Å². The molecule has 1 N–H and O–H groups in total. The molecule has 0 heterocycles. The minimum absolute atomic E-state index is 0.0878. The fourth-order valence-electron chi connectivity index (χ4n) is 1.33. The predicted octanol–water partition coefficient (Wildman–Crippen LogP) is 2.72. The summed E-state index contributed by atoms with van der Waals surface area (Å²) in [5, 5.41) is 11.0. The number of ether oxygens (including phenoxy) is 1. The van der Waals surface area contributed by atoms with E-state index in [0.29, 0.717) is 13.0 Å². The lowest BCUT2D eigenvalue weighted by atomic mass is 10.2. The molecule has 0 spiro atoms. The molecule has 0 atom stereocenters. The molecule has 17 heavy (non-hydrogen) atoms. The number of hydrogen-bond acceptors (Lipinski definition) is 3. The molecular formula is C13H16N2O2. The zero-order valence-electron chi connectivity index (χ0n) is 9.90. The van der Waals surface area contributed by atoms with Crippen LogP contribution >= 0.6 is 0 Å². The van der Waals surface area contributed by atoms with E-state index in [1.165, 1.54) is 6.92 Å². The lowest BCUT2D eigenvalue weighted by Crippen LogP contribution is -2.05. The van der Waals surface area contributed by atoms with Crippen LogP contribution in [0.2, 0.25) is 0 Å². The van der Waals surface area contributed by atoms with Crippen LogP contribution in [0.3, 0.4) is 0 Å². The Morgan fingerprint density at radius 2 is 2.06 bits per heavy atom. The number of anilines is 1. The SMILES string of the molecule is CC(=O)Nc1ccc(OCCCCC#N)cc1. The van der Waals surface area contributed by atoms with Crippen molar-refractivity contribution in [1.82, 2.24) is 0 Å². The average Bonchev–Trinajstić information content (AvgIpc) is 2.30. The van der Waals surface area contributed by atoms with Gasteiger partial charge in [0.15, 0.2) is 0 Å². The van der Waals surface area contributed by atoms with Gasteiger partial charge in [-0.3, -0.25) is 4.79 Å². The third-order valence-corrected chi connectivity index (χ3v) is 2.13. The first-order valence-corrected chi connectivity index (χ1v) is 5.60. The van der Waals surface area contributed by atoms with E-state index in [2.05, 4.69) is 11.4 Å². The van der Waals surface area contributed by atoms with Crippen molar-refractivity contribution in [2.45, 2.75) is 26.2 Å². The van der Waals surface area contributed by atoms with Gasteiger partial charge in [0.05, 0.1) is 12.7 Å². The Morgan fingerprint density at radius 1 is 1.35 bits per heavy atom. The van der Waals surface area contributed by atoms with Gasteiger partial charge in [0, 0.05) is 19.0 Å². The summed E-state index contributed by atoms with van der Waals surface area (Å²) < 4.78 is 5.49. The highest BCUT2D eigenvalue weighted by Crippen LogP contribution is 2.15. The summed E-state index contributed by atoms with van der Waals surface area (Å²) in [6.07, 6.45) is 2.31. The first-order valence-electron chi connectivity index (χ1n) is 5.60. The summed E-state index contributed by atoms with van der Waals surface area (Å²) in [6, 6.07) is 9.32. The lowest BCUT2D eigenvalue weighted by molar-refractivity contribution is -0.114. The number of carbonyl (C=O) groups excluding carboxylic acids is 1. The van der Waals surface area contributed by atoms with Gasteiger partial charge < -0.3 is 10.1 Å². The van der Waals surface area contributed by atoms with E-state index in [-0.39, 0.29) is 5.91 Å². The zero-order chi connectivity index (χ0) is 12.5. The number of unbranched alkanes of at least 4 members (excludes halogenated alkanes) is 2. The highest BCUT2D eigenvalue weighted by Gasteiger charge is 1.97. The van der Waals surface area contributed by atoms with Gasteiger partial charge in [-0.1, -0.05) is 0 Å². The van der Waals surface area contributed by atoms with E-state index in [9.17, 15) is 4.79 Å². The normalized spacial score (nSPS) is 9.41. The van der Waals surface area contributed by atoms with Crippen molar-refractivity contribution in [2.24, 2.45) is 0 Å². The first kappa shape index (κ1) is 13.0. The van der Waals surface area contributed by atoms with Gasteiger partial charge in [-0.05, 0) is 37.1 Å². The Labute approximate surface area is 101 Å². The Morgan fingerprint density at radius 3 is 2.65 bits per heavy atom. The molecule has 1 rings (SSSR count). The maximum Gasteiger partial charge on any atom is 0.221 e. The predicted molar refractivity (Wildman–Crippen MR) is 65.7 cm³/mol. The Kier molecular flexibility index (Phi) is 5.59. The molecule has 4 heteroatoms. The first-order chi connectivity index (χ1) is 8.22. The van der Waals surface area contributed by atoms with Crippen LogP contribution in [0.5, 0.6) is 5.75 Å². The number of amides is 1. The number of benzene rings is 1. The fourth-order valence-corrected chi connectivity index (χ4v) is 1.33.